The molecular formula is C15H14N4O3. The number of anilines is 1. The van der Waals surface area contributed by atoms with Crippen LogP contribution in [0.3, 0.4) is 0 Å². The summed E-state index contributed by atoms with van der Waals surface area (Å²) < 4.78 is 6.86. The lowest BCUT2D eigenvalue weighted by Crippen LogP contribution is -2.05. The van der Waals surface area contributed by atoms with Crippen molar-refractivity contribution in [3.63, 3.8) is 0 Å². The van der Waals surface area contributed by atoms with Gasteiger partial charge in [0.15, 0.2) is 0 Å². The van der Waals surface area contributed by atoms with Crippen molar-refractivity contribution in [1.29, 1.82) is 0 Å². The van der Waals surface area contributed by atoms with Crippen molar-refractivity contribution in [1.82, 2.24) is 14.5 Å². The number of carbonyl (C=O) groups is 1. The summed E-state index contributed by atoms with van der Waals surface area (Å²) in [7, 11) is 0. The molecule has 3 aromatic rings. The molecule has 0 unspecified atom stereocenters. The fraction of sp³-hybridized carbons (Fsp3) is 0.133. The van der Waals surface area contributed by atoms with Crippen LogP contribution in [0.25, 0.3) is 10.9 Å². The topological polar surface area (TPSA) is 103 Å². The fourth-order valence-corrected chi connectivity index (χ4v) is 2.23. The molecule has 0 saturated heterocycles. The van der Waals surface area contributed by atoms with E-state index in [4.69, 9.17) is 15.6 Å². The molecule has 0 saturated carbocycles. The van der Waals surface area contributed by atoms with Crippen LogP contribution in [-0.2, 0) is 0 Å². The van der Waals surface area contributed by atoms with Gasteiger partial charge in [-0.1, -0.05) is 0 Å². The zero-order chi connectivity index (χ0) is 15.9. The Morgan fingerprint density at radius 1 is 1.27 bits per heavy atom. The second-order valence-corrected chi connectivity index (χ2v) is 4.87. The Kier molecular flexibility index (Phi) is 3.17. The number of nitrogen functional groups attached to an aromatic ring is 1. The van der Waals surface area contributed by atoms with Gasteiger partial charge in [-0.2, -0.15) is 4.98 Å². The van der Waals surface area contributed by atoms with Gasteiger partial charge in [0.25, 0.3) is 0 Å². The maximum atomic E-state index is 11.1. The molecule has 2 heterocycles. The zero-order valence-corrected chi connectivity index (χ0v) is 12.1. The van der Waals surface area contributed by atoms with E-state index in [9.17, 15) is 4.79 Å². The first-order valence-electron chi connectivity index (χ1n) is 6.58. The van der Waals surface area contributed by atoms with Gasteiger partial charge in [0, 0.05) is 11.6 Å². The summed E-state index contributed by atoms with van der Waals surface area (Å²) in [5.74, 6) is 1.39. The molecule has 0 amide bonds. The first-order chi connectivity index (χ1) is 10.5. The van der Waals surface area contributed by atoms with E-state index in [0.29, 0.717) is 34.4 Å². The van der Waals surface area contributed by atoms with E-state index in [1.165, 1.54) is 6.20 Å². The van der Waals surface area contributed by atoms with Crippen LogP contribution < -0.4 is 10.5 Å². The van der Waals surface area contributed by atoms with Gasteiger partial charge < -0.3 is 15.6 Å². The third kappa shape index (κ3) is 2.32. The van der Waals surface area contributed by atoms with Gasteiger partial charge in [-0.25, -0.2) is 9.78 Å². The first-order valence-corrected chi connectivity index (χ1v) is 6.58. The average molecular weight is 298 g/mol. The maximum Gasteiger partial charge on any atom is 0.415 e. The maximum absolute atomic E-state index is 11.1. The molecule has 0 aliphatic carbocycles. The Morgan fingerprint density at radius 2 is 2.05 bits per heavy atom. The first kappa shape index (κ1) is 13.9. The number of aryl methyl sites for hydroxylation is 2. The molecule has 0 bridgehead atoms. The van der Waals surface area contributed by atoms with Crippen molar-refractivity contribution in [2.75, 3.05) is 5.73 Å². The quantitative estimate of drug-likeness (QED) is 0.754. The van der Waals surface area contributed by atoms with E-state index in [-0.39, 0.29) is 0 Å². The van der Waals surface area contributed by atoms with Crippen LogP contribution in [-0.4, -0.2) is 25.7 Å². The van der Waals surface area contributed by atoms with Gasteiger partial charge in [-0.3, -0.25) is 4.57 Å². The predicted octanol–water partition coefficient (Wildman–Crippen LogP) is 2.95. The van der Waals surface area contributed by atoms with Crippen molar-refractivity contribution in [2.24, 2.45) is 0 Å². The smallest absolute Gasteiger partial charge is 0.415 e. The highest BCUT2D eigenvalue weighted by atomic mass is 16.5. The normalized spacial score (nSPS) is 10.8. The monoisotopic (exact) mass is 298 g/mol. The Balaban J connectivity index is 2.00. The van der Waals surface area contributed by atoms with Crippen LogP contribution in [0.4, 0.5) is 10.5 Å². The van der Waals surface area contributed by atoms with Crippen LogP contribution >= 0.6 is 0 Å². The van der Waals surface area contributed by atoms with Crippen LogP contribution in [0.1, 0.15) is 11.5 Å². The third-order valence-electron chi connectivity index (χ3n) is 3.30. The van der Waals surface area contributed by atoms with E-state index in [1.54, 1.807) is 38.1 Å². The number of nitrogens with zero attached hydrogens (tertiary/aromatic N) is 3. The fourth-order valence-electron chi connectivity index (χ4n) is 2.23. The Bertz CT molecular complexity index is 886. The summed E-state index contributed by atoms with van der Waals surface area (Å²) in [6.45, 7) is 3.54. The highest BCUT2D eigenvalue weighted by Crippen LogP contribution is 2.29. The van der Waals surface area contributed by atoms with Crippen molar-refractivity contribution in [2.45, 2.75) is 13.8 Å². The largest absolute Gasteiger partial charge is 0.464 e. The lowest BCUT2D eigenvalue weighted by molar-refractivity contribution is 0.197. The van der Waals surface area contributed by atoms with Gasteiger partial charge in [0.1, 0.15) is 17.3 Å². The number of benzene rings is 1. The molecule has 0 radical (unpaired) electrons. The van der Waals surface area contributed by atoms with Crippen LogP contribution in [0.2, 0.25) is 0 Å². The third-order valence-corrected chi connectivity index (χ3v) is 3.30. The van der Waals surface area contributed by atoms with Crippen LogP contribution in [0.15, 0.2) is 30.5 Å². The van der Waals surface area contributed by atoms with Gasteiger partial charge in [-0.05, 0) is 38.1 Å². The van der Waals surface area contributed by atoms with Crippen molar-refractivity contribution in [3.8, 4) is 11.6 Å². The summed E-state index contributed by atoms with van der Waals surface area (Å²) in [4.78, 5) is 19.4. The predicted molar refractivity (Wildman–Crippen MR) is 81.4 cm³/mol. The second-order valence-electron chi connectivity index (χ2n) is 4.87. The molecule has 112 valence electrons. The van der Waals surface area contributed by atoms with E-state index >= 15 is 0 Å². The molecule has 0 atom stereocenters. The van der Waals surface area contributed by atoms with Gasteiger partial charge in [0.05, 0.1) is 11.2 Å². The number of fused-ring (bicyclic) bond motifs is 1. The zero-order valence-electron chi connectivity index (χ0n) is 12.1. The summed E-state index contributed by atoms with van der Waals surface area (Å²) in [6, 6.07) is 6.79. The van der Waals surface area contributed by atoms with E-state index in [2.05, 4.69) is 9.97 Å². The molecule has 2 aromatic heterocycles. The van der Waals surface area contributed by atoms with Crippen molar-refractivity contribution < 1.29 is 14.6 Å². The Labute approximate surface area is 126 Å². The van der Waals surface area contributed by atoms with Gasteiger partial charge in [0.2, 0.25) is 5.88 Å². The second kappa shape index (κ2) is 5.03. The molecule has 7 heteroatoms. The molecule has 0 fully saturated rings. The minimum Gasteiger partial charge on any atom is -0.464 e. The van der Waals surface area contributed by atoms with Gasteiger partial charge >= 0.3 is 6.09 Å². The molecule has 0 aliphatic rings. The average Bonchev–Trinajstić information content (AvgIpc) is 2.87. The lowest BCUT2D eigenvalue weighted by Gasteiger charge is -2.10. The highest BCUT2D eigenvalue weighted by molar-refractivity contribution is 5.89. The standard InChI is InChI=1S/C15H14N4O3/c1-8-13(16)14(18-9(2)17-8)22-11-3-4-12-10(7-11)5-6-19(12)15(20)21/h3-7H,16H2,1-2H3,(H,20,21). The molecule has 3 rings (SSSR count). The Morgan fingerprint density at radius 3 is 2.77 bits per heavy atom. The van der Waals surface area contributed by atoms with Gasteiger partial charge in [-0.15, -0.1) is 0 Å². The van der Waals surface area contributed by atoms with Crippen LogP contribution in [0.5, 0.6) is 11.6 Å². The number of hydrogen-bond donors (Lipinski definition) is 2. The molecule has 7 nitrogen and oxygen atoms in total. The van der Waals surface area contributed by atoms with Crippen molar-refractivity contribution in [3.05, 3.63) is 42.0 Å². The summed E-state index contributed by atoms with van der Waals surface area (Å²) in [6.07, 6.45) is 0.458. The molecule has 0 aliphatic heterocycles. The van der Waals surface area contributed by atoms with E-state index < -0.39 is 6.09 Å². The Hall–Kier alpha value is -3.09. The number of hydrogen-bond acceptors (Lipinski definition) is 5. The number of aromatic nitrogens is 3. The number of ether oxygens (including phenoxy) is 1. The summed E-state index contributed by atoms with van der Waals surface area (Å²) >= 11 is 0. The van der Waals surface area contributed by atoms with Crippen LogP contribution in [0, 0.1) is 13.8 Å². The SMILES string of the molecule is Cc1nc(C)c(N)c(Oc2ccc3c(ccn3C(=O)O)c2)n1. The summed E-state index contributed by atoms with van der Waals surface area (Å²) in [5.41, 5.74) is 7.55. The number of carboxylic acid groups (broad SMARTS) is 1. The summed E-state index contributed by atoms with van der Waals surface area (Å²) in [5, 5.41) is 9.82. The van der Waals surface area contributed by atoms with E-state index in [0.717, 1.165) is 9.95 Å². The number of rotatable bonds is 2. The molecule has 22 heavy (non-hydrogen) atoms. The highest BCUT2D eigenvalue weighted by Gasteiger charge is 2.11. The minimum atomic E-state index is -1.03. The molecule has 3 N–H and O–H groups in total. The number of nitrogens with two attached hydrogens (primary N) is 1. The minimum absolute atomic E-state index is 0.294. The lowest BCUT2D eigenvalue weighted by atomic mass is 10.2. The molecule has 1 aromatic carbocycles. The van der Waals surface area contributed by atoms with E-state index in [1.807, 2.05) is 0 Å². The van der Waals surface area contributed by atoms with Crippen molar-refractivity contribution >= 4 is 22.7 Å². The molecule has 0 spiro atoms. The molecular weight excluding hydrogens is 284 g/mol.